The zero-order valence-electron chi connectivity index (χ0n) is 10.2. The van der Waals surface area contributed by atoms with Gasteiger partial charge in [0.25, 0.3) is 5.91 Å². The summed E-state index contributed by atoms with van der Waals surface area (Å²) in [5.41, 5.74) is 0. The molecule has 0 aliphatic rings. The zero-order chi connectivity index (χ0) is 14.3. The molecule has 4 nitrogen and oxygen atoms in total. The van der Waals surface area contributed by atoms with E-state index in [2.05, 4.69) is 10.5 Å². The Morgan fingerprint density at radius 2 is 2.15 bits per heavy atom. The highest BCUT2D eigenvalue weighted by Gasteiger charge is 2.18. The lowest BCUT2D eigenvalue weighted by atomic mass is 10.2. The van der Waals surface area contributed by atoms with Gasteiger partial charge in [0.2, 0.25) is 0 Å². The molecular weight excluding hydrogens is 319 g/mol. The number of thiophene rings is 1. The summed E-state index contributed by atoms with van der Waals surface area (Å²) < 4.78 is 5.76. The predicted molar refractivity (Wildman–Crippen MR) is 81.0 cm³/mol. The Kier molecular flexibility index (Phi) is 3.41. The van der Waals surface area contributed by atoms with E-state index in [0.717, 1.165) is 10.1 Å². The second kappa shape index (κ2) is 5.09. The second-order valence-corrected chi connectivity index (χ2v) is 6.03. The fourth-order valence-electron chi connectivity index (χ4n) is 1.78. The number of carbonyl (C=O) groups excluding carboxylic acids is 1. The van der Waals surface area contributed by atoms with Crippen LogP contribution in [0, 0.1) is 6.92 Å². The molecule has 1 amide bonds. The summed E-state index contributed by atoms with van der Waals surface area (Å²) in [6, 6.07) is 6.96. The van der Waals surface area contributed by atoms with Crippen LogP contribution in [0.25, 0.3) is 10.1 Å². The first-order valence-corrected chi connectivity index (χ1v) is 7.24. The van der Waals surface area contributed by atoms with Crippen LogP contribution >= 0.6 is 34.5 Å². The number of nitrogens with one attached hydrogen (secondary N) is 1. The Labute approximate surface area is 128 Å². The van der Waals surface area contributed by atoms with Gasteiger partial charge in [0.1, 0.15) is 10.6 Å². The van der Waals surface area contributed by atoms with Gasteiger partial charge in [0, 0.05) is 21.2 Å². The normalized spacial score (nSPS) is 10.9. The van der Waals surface area contributed by atoms with Crippen molar-refractivity contribution in [2.45, 2.75) is 6.92 Å². The van der Waals surface area contributed by atoms with E-state index < -0.39 is 0 Å². The van der Waals surface area contributed by atoms with Gasteiger partial charge < -0.3 is 9.84 Å². The van der Waals surface area contributed by atoms with E-state index in [0.29, 0.717) is 26.5 Å². The van der Waals surface area contributed by atoms with Gasteiger partial charge in [-0.1, -0.05) is 34.4 Å². The third-order valence-corrected chi connectivity index (χ3v) is 4.56. The van der Waals surface area contributed by atoms with Crippen LogP contribution in [0.5, 0.6) is 0 Å². The number of anilines is 1. The minimum Gasteiger partial charge on any atom is -0.360 e. The number of carbonyl (C=O) groups is 1. The van der Waals surface area contributed by atoms with Crippen LogP contribution in [-0.4, -0.2) is 11.1 Å². The van der Waals surface area contributed by atoms with Crippen molar-refractivity contribution in [2.75, 3.05) is 5.32 Å². The third kappa shape index (κ3) is 2.40. The average Bonchev–Trinajstić information content (AvgIpc) is 2.94. The number of benzene rings is 1. The molecule has 0 spiro atoms. The maximum absolute atomic E-state index is 12.2. The van der Waals surface area contributed by atoms with Crippen LogP contribution in [0.1, 0.15) is 15.4 Å². The first kappa shape index (κ1) is 13.4. The van der Waals surface area contributed by atoms with Crippen molar-refractivity contribution in [3.05, 3.63) is 44.9 Å². The van der Waals surface area contributed by atoms with Crippen molar-refractivity contribution in [1.29, 1.82) is 0 Å². The molecule has 0 bridgehead atoms. The number of fused-ring (bicyclic) bond motifs is 1. The molecule has 0 unspecified atom stereocenters. The third-order valence-electron chi connectivity index (χ3n) is 2.67. The molecule has 20 heavy (non-hydrogen) atoms. The van der Waals surface area contributed by atoms with Crippen molar-refractivity contribution >= 4 is 56.3 Å². The number of amides is 1. The summed E-state index contributed by atoms with van der Waals surface area (Å²) in [5.74, 6) is 0.661. The summed E-state index contributed by atoms with van der Waals surface area (Å²) in [7, 11) is 0. The van der Waals surface area contributed by atoms with E-state index in [-0.39, 0.29) is 5.91 Å². The molecule has 0 atom stereocenters. The first-order valence-electron chi connectivity index (χ1n) is 5.67. The molecule has 2 heterocycles. The maximum atomic E-state index is 12.2. The van der Waals surface area contributed by atoms with E-state index in [1.54, 1.807) is 31.2 Å². The smallest absolute Gasteiger partial charge is 0.268 e. The van der Waals surface area contributed by atoms with Crippen LogP contribution in [-0.2, 0) is 0 Å². The highest BCUT2D eigenvalue weighted by molar-refractivity contribution is 7.21. The number of hydrogen-bond acceptors (Lipinski definition) is 4. The number of aromatic nitrogens is 1. The minimum atomic E-state index is -0.319. The number of nitrogens with zero attached hydrogens (tertiary/aromatic N) is 1. The molecule has 7 heteroatoms. The maximum Gasteiger partial charge on any atom is 0.268 e. The Morgan fingerprint density at radius 1 is 1.35 bits per heavy atom. The number of aryl methyl sites for hydroxylation is 1. The van der Waals surface area contributed by atoms with Crippen molar-refractivity contribution < 1.29 is 9.32 Å². The summed E-state index contributed by atoms with van der Waals surface area (Å²) >= 11 is 13.5. The van der Waals surface area contributed by atoms with Gasteiger partial charge in [-0.3, -0.25) is 4.79 Å². The second-order valence-electron chi connectivity index (χ2n) is 4.16. The highest BCUT2D eigenvalue weighted by Crippen LogP contribution is 2.37. The molecule has 0 saturated carbocycles. The minimum absolute atomic E-state index is 0.319. The number of hydrogen-bond donors (Lipinski definition) is 1. The Morgan fingerprint density at radius 3 is 2.85 bits per heavy atom. The quantitative estimate of drug-likeness (QED) is 0.738. The molecule has 0 aliphatic heterocycles. The Bertz CT molecular complexity index is 810. The Balaban J connectivity index is 1.97. The summed E-state index contributed by atoms with van der Waals surface area (Å²) in [6.45, 7) is 1.75. The van der Waals surface area contributed by atoms with Crippen LogP contribution in [0.2, 0.25) is 10.0 Å². The van der Waals surface area contributed by atoms with Crippen molar-refractivity contribution in [1.82, 2.24) is 5.16 Å². The zero-order valence-corrected chi connectivity index (χ0v) is 12.6. The van der Waals surface area contributed by atoms with Crippen LogP contribution in [0.4, 0.5) is 5.82 Å². The molecule has 0 aliphatic carbocycles. The molecule has 2 aromatic heterocycles. The predicted octanol–water partition coefficient (Wildman–Crippen LogP) is 4.76. The van der Waals surface area contributed by atoms with Crippen molar-refractivity contribution in [3.8, 4) is 0 Å². The monoisotopic (exact) mass is 326 g/mol. The molecule has 0 radical (unpaired) electrons. The molecule has 3 aromatic rings. The van der Waals surface area contributed by atoms with Gasteiger partial charge in [-0.15, -0.1) is 11.3 Å². The molecule has 0 fully saturated rings. The first-order chi connectivity index (χ1) is 9.54. The molecule has 1 aromatic carbocycles. The average molecular weight is 327 g/mol. The van der Waals surface area contributed by atoms with Gasteiger partial charge in [-0.2, -0.15) is 0 Å². The summed E-state index contributed by atoms with van der Waals surface area (Å²) in [6.07, 6.45) is 0. The van der Waals surface area contributed by atoms with Gasteiger partial charge in [0.15, 0.2) is 5.82 Å². The number of rotatable bonds is 2. The highest BCUT2D eigenvalue weighted by atomic mass is 35.5. The molecular formula is C13H8Cl2N2O2S. The van der Waals surface area contributed by atoms with Crippen molar-refractivity contribution in [3.63, 3.8) is 0 Å². The van der Waals surface area contributed by atoms with Crippen LogP contribution < -0.4 is 5.32 Å². The lowest BCUT2D eigenvalue weighted by molar-refractivity contribution is 0.103. The van der Waals surface area contributed by atoms with Gasteiger partial charge >= 0.3 is 0 Å². The van der Waals surface area contributed by atoms with Gasteiger partial charge in [-0.05, 0) is 19.1 Å². The lowest BCUT2D eigenvalue weighted by Crippen LogP contribution is -2.10. The van der Waals surface area contributed by atoms with E-state index in [9.17, 15) is 4.79 Å². The molecule has 0 saturated heterocycles. The fraction of sp³-hybridized carbons (Fsp3) is 0.0769. The SMILES string of the molecule is Cc1cc(NC(=O)c2sc3cc(Cl)ccc3c2Cl)no1. The van der Waals surface area contributed by atoms with Gasteiger partial charge in [-0.25, -0.2) is 0 Å². The standard InChI is InChI=1S/C13H8Cl2N2O2S/c1-6-4-10(17-19-6)16-13(18)12-11(15)8-3-2-7(14)5-9(8)20-12/h2-5H,1H3,(H,16,17,18). The van der Waals surface area contributed by atoms with Crippen LogP contribution in [0.15, 0.2) is 28.8 Å². The summed E-state index contributed by atoms with van der Waals surface area (Å²) in [5, 5.41) is 8.19. The lowest BCUT2D eigenvalue weighted by Gasteiger charge is -1.98. The van der Waals surface area contributed by atoms with E-state index in [1.807, 2.05) is 0 Å². The molecule has 3 rings (SSSR count). The van der Waals surface area contributed by atoms with Crippen molar-refractivity contribution in [2.24, 2.45) is 0 Å². The molecule has 102 valence electrons. The van der Waals surface area contributed by atoms with Gasteiger partial charge in [0.05, 0.1) is 5.02 Å². The van der Waals surface area contributed by atoms with E-state index in [4.69, 9.17) is 27.7 Å². The van der Waals surface area contributed by atoms with E-state index in [1.165, 1.54) is 11.3 Å². The fourth-order valence-corrected chi connectivity index (χ4v) is 3.47. The Hall–Kier alpha value is -1.56. The van der Waals surface area contributed by atoms with Crippen LogP contribution in [0.3, 0.4) is 0 Å². The summed E-state index contributed by atoms with van der Waals surface area (Å²) in [4.78, 5) is 12.6. The van der Waals surface area contributed by atoms with E-state index >= 15 is 0 Å². The molecule has 1 N–H and O–H groups in total. The largest absolute Gasteiger partial charge is 0.360 e. The number of halogens is 2. The topological polar surface area (TPSA) is 55.1 Å².